The Morgan fingerprint density at radius 3 is 2.41 bits per heavy atom. The first-order chi connectivity index (χ1) is 12.6. The van der Waals surface area contributed by atoms with Gasteiger partial charge in [-0.05, 0) is 23.8 Å². The quantitative estimate of drug-likeness (QED) is 0.718. The van der Waals surface area contributed by atoms with Crippen LogP contribution in [0.1, 0.15) is 30.5 Å². The van der Waals surface area contributed by atoms with Crippen LogP contribution in [0.15, 0.2) is 41.3 Å². The van der Waals surface area contributed by atoms with E-state index in [-0.39, 0.29) is 6.42 Å². The Labute approximate surface area is 156 Å². The van der Waals surface area contributed by atoms with Gasteiger partial charge in [0, 0.05) is 18.1 Å². The van der Waals surface area contributed by atoms with Gasteiger partial charge in [-0.3, -0.25) is 14.4 Å². The fourth-order valence-electron chi connectivity index (χ4n) is 2.32. The highest BCUT2D eigenvalue weighted by molar-refractivity contribution is 6.30. The van der Waals surface area contributed by atoms with Gasteiger partial charge in [0.1, 0.15) is 5.69 Å². The van der Waals surface area contributed by atoms with Crippen molar-refractivity contribution < 1.29 is 22.8 Å². The molecule has 27 heavy (non-hydrogen) atoms. The minimum atomic E-state index is -4.67. The number of benzene rings is 1. The maximum absolute atomic E-state index is 12.8. The number of anilines is 1. The standard InChI is InChI=1S/C17H15ClF3N3O3/c1-9(25)23-13(10-2-4-12(18)5-3-10)7-15(26)24-14-6-11(17(19,20)21)8-22-16(14)27/h2-6,8,13H,7H2,1H3,(H,22,27)(H,23,25)(H,24,26). The summed E-state index contributed by atoms with van der Waals surface area (Å²) in [6.45, 7) is 1.26. The van der Waals surface area contributed by atoms with Gasteiger partial charge in [0.2, 0.25) is 11.8 Å². The second kappa shape index (κ2) is 8.26. The largest absolute Gasteiger partial charge is 0.417 e. The van der Waals surface area contributed by atoms with Crippen molar-refractivity contribution in [1.82, 2.24) is 10.3 Å². The fourth-order valence-corrected chi connectivity index (χ4v) is 2.45. The lowest BCUT2D eigenvalue weighted by molar-refractivity contribution is -0.137. The summed E-state index contributed by atoms with van der Waals surface area (Å²) in [5.74, 6) is -1.15. The van der Waals surface area contributed by atoms with Crippen molar-refractivity contribution >= 4 is 29.1 Å². The highest BCUT2D eigenvalue weighted by Crippen LogP contribution is 2.29. The molecule has 1 aromatic heterocycles. The molecule has 0 saturated carbocycles. The molecule has 1 atom stereocenters. The smallest absolute Gasteiger partial charge is 0.349 e. The van der Waals surface area contributed by atoms with E-state index >= 15 is 0 Å². The van der Waals surface area contributed by atoms with Crippen molar-refractivity contribution in [2.45, 2.75) is 25.6 Å². The number of rotatable bonds is 5. The first-order valence-corrected chi connectivity index (χ1v) is 8.06. The monoisotopic (exact) mass is 401 g/mol. The van der Waals surface area contributed by atoms with E-state index < -0.39 is 40.8 Å². The van der Waals surface area contributed by atoms with Crippen molar-refractivity contribution in [3.63, 3.8) is 0 Å². The Balaban J connectivity index is 2.20. The minimum absolute atomic E-state index is 0.295. The Bertz CT molecular complexity index is 895. The SMILES string of the molecule is CC(=O)NC(CC(=O)Nc1cc(C(F)(F)F)c[nH]c1=O)c1ccc(Cl)cc1. The van der Waals surface area contributed by atoms with Crippen molar-refractivity contribution in [1.29, 1.82) is 0 Å². The van der Waals surface area contributed by atoms with Gasteiger partial charge in [-0.2, -0.15) is 13.2 Å². The van der Waals surface area contributed by atoms with Crippen LogP contribution in [0.2, 0.25) is 5.02 Å². The number of aromatic nitrogens is 1. The predicted octanol–water partition coefficient (Wildman–Crippen LogP) is 3.25. The first-order valence-electron chi connectivity index (χ1n) is 7.68. The average molecular weight is 402 g/mol. The molecule has 1 unspecified atom stereocenters. The summed E-state index contributed by atoms with van der Waals surface area (Å²) in [5, 5.41) is 5.18. The number of halogens is 4. The van der Waals surface area contributed by atoms with E-state index in [1.807, 2.05) is 4.98 Å². The van der Waals surface area contributed by atoms with E-state index in [1.54, 1.807) is 24.3 Å². The van der Waals surface area contributed by atoms with Gasteiger partial charge >= 0.3 is 6.18 Å². The first kappa shape index (κ1) is 20.5. The topological polar surface area (TPSA) is 91.1 Å². The molecule has 0 aliphatic carbocycles. The summed E-state index contributed by atoms with van der Waals surface area (Å²) in [6, 6.07) is 6.15. The molecule has 1 heterocycles. The zero-order valence-electron chi connectivity index (χ0n) is 14.0. The fraction of sp³-hybridized carbons (Fsp3) is 0.235. The molecule has 0 bridgehead atoms. The van der Waals surface area contributed by atoms with Crippen LogP contribution in [0.5, 0.6) is 0 Å². The number of amides is 2. The zero-order chi connectivity index (χ0) is 20.2. The summed E-state index contributed by atoms with van der Waals surface area (Å²) in [4.78, 5) is 37.2. The normalized spacial score (nSPS) is 12.3. The van der Waals surface area contributed by atoms with Crippen LogP contribution in [0.25, 0.3) is 0 Å². The summed E-state index contributed by atoms with van der Waals surface area (Å²) >= 11 is 5.81. The maximum Gasteiger partial charge on any atom is 0.417 e. The molecule has 2 amide bonds. The lowest BCUT2D eigenvalue weighted by Crippen LogP contribution is -2.30. The number of pyridine rings is 1. The summed E-state index contributed by atoms with van der Waals surface area (Å²) in [5.41, 5.74) is -1.94. The van der Waals surface area contributed by atoms with Crippen LogP contribution >= 0.6 is 11.6 Å². The Hall–Kier alpha value is -2.81. The van der Waals surface area contributed by atoms with Crippen molar-refractivity contribution in [3.05, 3.63) is 63.0 Å². The van der Waals surface area contributed by atoms with Crippen LogP contribution in [0.3, 0.4) is 0 Å². The zero-order valence-corrected chi connectivity index (χ0v) is 14.7. The number of nitrogens with one attached hydrogen (secondary N) is 3. The minimum Gasteiger partial charge on any atom is -0.349 e. The molecule has 144 valence electrons. The van der Waals surface area contributed by atoms with Gasteiger partial charge in [0.15, 0.2) is 0 Å². The lowest BCUT2D eigenvalue weighted by atomic mass is 10.0. The van der Waals surface area contributed by atoms with Crippen molar-refractivity contribution in [3.8, 4) is 0 Å². The average Bonchev–Trinajstić information content (AvgIpc) is 2.55. The summed E-state index contributed by atoms with van der Waals surface area (Å²) < 4.78 is 38.3. The van der Waals surface area contributed by atoms with Crippen LogP contribution in [0, 0.1) is 0 Å². The Kier molecular flexibility index (Phi) is 6.27. The number of carbonyl (C=O) groups excluding carboxylic acids is 2. The molecule has 0 aliphatic rings. The third kappa shape index (κ3) is 5.85. The molecule has 0 spiro atoms. The second-order valence-corrected chi connectivity index (χ2v) is 6.12. The van der Waals surface area contributed by atoms with Crippen LogP contribution < -0.4 is 16.2 Å². The molecule has 3 N–H and O–H groups in total. The summed E-state index contributed by atoms with van der Waals surface area (Å²) in [6.07, 6.45) is -4.45. The van der Waals surface area contributed by atoms with Gasteiger partial charge in [-0.1, -0.05) is 23.7 Å². The summed E-state index contributed by atoms with van der Waals surface area (Å²) in [7, 11) is 0. The van der Waals surface area contributed by atoms with Gasteiger partial charge in [-0.15, -0.1) is 0 Å². The van der Waals surface area contributed by atoms with Crippen molar-refractivity contribution in [2.24, 2.45) is 0 Å². The number of carbonyl (C=O) groups is 2. The highest BCUT2D eigenvalue weighted by Gasteiger charge is 2.31. The van der Waals surface area contributed by atoms with E-state index in [1.165, 1.54) is 6.92 Å². The van der Waals surface area contributed by atoms with Crippen LogP contribution in [-0.4, -0.2) is 16.8 Å². The third-order valence-corrected chi connectivity index (χ3v) is 3.80. The highest BCUT2D eigenvalue weighted by atomic mass is 35.5. The van der Waals surface area contributed by atoms with E-state index in [9.17, 15) is 27.6 Å². The Morgan fingerprint density at radius 1 is 1.22 bits per heavy atom. The molecular formula is C17H15ClF3N3O3. The van der Waals surface area contributed by atoms with Gasteiger partial charge in [-0.25, -0.2) is 0 Å². The number of hydrogen-bond donors (Lipinski definition) is 3. The maximum atomic E-state index is 12.8. The number of alkyl halides is 3. The molecule has 10 heteroatoms. The third-order valence-electron chi connectivity index (χ3n) is 3.54. The molecule has 0 radical (unpaired) electrons. The van der Waals surface area contributed by atoms with Gasteiger partial charge < -0.3 is 15.6 Å². The second-order valence-electron chi connectivity index (χ2n) is 5.69. The molecule has 0 saturated heterocycles. The van der Waals surface area contributed by atoms with E-state index in [4.69, 9.17) is 11.6 Å². The van der Waals surface area contributed by atoms with Gasteiger partial charge in [0.05, 0.1) is 18.0 Å². The number of aromatic amines is 1. The predicted molar refractivity (Wildman–Crippen MR) is 93.3 cm³/mol. The van der Waals surface area contributed by atoms with E-state index in [0.717, 1.165) is 0 Å². The molecular weight excluding hydrogens is 387 g/mol. The molecule has 2 aromatic rings. The number of hydrogen-bond acceptors (Lipinski definition) is 3. The lowest BCUT2D eigenvalue weighted by Gasteiger charge is -2.18. The van der Waals surface area contributed by atoms with Crippen LogP contribution in [-0.2, 0) is 15.8 Å². The molecule has 0 aliphatic heterocycles. The molecule has 1 aromatic carbocycles. The molecule has 0 fully saturated rings. The molecule has 6 nitrogen and oxygen atoms in total. The Morgan fingerprint density at radius 2 is 1.85 bits per heavy atom. The number of H-pyrrole nitrogens is 1. The van der Waals surface area contributed by atoms with E-state index in [2.05, 4.69) is 10.6 Å². The van der Waals surface area contributed by atoms with Crippen molar-refractivity contribution in [2.75, 3.05) is 5.32 Å². The molecule has 2 rings (SSSR count). The van der Waals surface area contributed by atoms with Gasteiger partial charge in [0.25, 0.3) is 5.56 Å². The van der Waals surface area contributed by atoms with E-state index in [0.29, 0.717) is 22.8 Å². The van der Waals surface area contributed by atoms with Crippen LogP contribution in [0.4, 0.5) is 18.9 Å².